The van der Waals surface area contributed by atoms with E-state index in [1.54, 1.807) is 6.92 Å². The Hall–Kier alpha value is -2.10. The Bertz CT molecular complexity index is 913. The van der Waals surface area contributed by atoms with Crippen LogP contribution in [0.1, 0.15) is 30.0 Å². The molecule has 1 amide bonds. The molecule has 0 bridgehead atoms. The van der Waals surface area contributed by atoms with Gasteiger partial charge in [-0.3, -0.25) is 14.9 Å². The van der Waals surface area contributed by atoms with E-state index in [9.17, 15) is 19.1 Å². The van der Waals surface area contributed by atoms with Gasteiger partial charge in [0, 0.05) is 11.3 Å². The Morgan fingerprint density at radius 3 is 2.79 bits per heavy atom. The summed E-state index contributed by atoms with van der Waals surface area (Å²) in [6, 6.07) is 3.45. The lowest BCUT2D eigenvalue weighted by Crippen LogP contribution is -2.46. The van der Waals surface area contributed by atoms with Gasteiger partial charge in [-0.05, 0) is 32.9 Å². The fraction of sp³-hybridized carbons (Fsp3) is 0.389. The molecule has 10 heteroatoms. The third-order valence-electron chi connectivity index (χ3n) is 4.48. The van der Waals surface area contributed by atoms with Crippen molar-refractivity contribution in [3.63, 3.8) is 0 Å². The maximum absolute atomic E-state index is 14.3. The van der Waals surface area contributed by atoms with E-state index in [0.29, 0.717) is 0 Å². The highest BCUT2D eigenvalue weighted by Crippen LogP contribution is 2.38. The summed E-state index contributed by atoms with van der Waals surface area (Å²) in [7, 11) is 0. The van der Waals surface area contributed by atoms with Crippen molar-refractivity contribution >= 4 is 35.2 Å². The molecule has 2 atom stereocenters. The number of amides is 1. The van der Waals surface area contributed by atoms with Crippen LogP contribution in [0.3, 0.4) is 0 Å². The van der Waals surface area contributed by atoms with Crippen LogP contribution in [0.2, 0.25) is 5.02 Å². The highest BCUT2D eigenvalue weighted by atomic mass is 35.5. The molecule has 2 heterocycles. The second-order valence-corrected chi connectivity index (χ2v) is 9.18. The first-order valence-electron chi connectivity index (χ1n) is 8.47. The molecule has 1 unspecified atom stereocenters. The molecule has 2 aromatic rings. The van der Waals surface area contributed by atoms with E-state index in [2.05, 4.69) is 15.8 Å². The van der Waals surface area contributed by atoms with E-state index in [-0.39, 0.29) is 39.5 Å². The van der Waals surface area contributed by atoms with E-state index in [1.807, 2.05) is 13.8 Å². The summed E-state index contributed by atoms with van der Waals surface area (Å²) in [5.74, 6) is -1.85. The number of carboxylic acid groups (broad SMARTS) is 1. The minimum atomic E-state index is -0.947. The molecule has 3 rings (SSSR count). The number of hydrogen-bond acceptors (Lipinski definition) is 6. The topological polar surface area (TPSA) is 104 Å². The van der Waals surface area contributed by atoms with E-state index in [0.717, 1.165) is 0 Å². The number of hydrogen-bond donors (Lipinski definition) is 3. The van der Waals surface area contributed by atoms with E-state index >= 15 is 0 Å². The Morgan fingerprint density at radius 2 is 2.18 bits per heavy atom. The minimum Gasteiger partial charge on any atom is -0.480 e. The van der Waals surface area contributed by atoms with Crippen LogP contribution in [0.25, 0.3) is 11.3 Å². The number of aromatic nitrogens is 1. The average Bonchev–Trinajstić information content (AvgIpc) is 3.12. The molecule has 0 spiro atoms. The quantitative estimate of drug-likeness (QED) is 0.673. The number of benzene rings is 1. The first kappa shape index (κ1) is 20.6. The molecule has 1 saturated heterocycles. The van der Waals surface area contributed by atoms with Gasteiger partial charge in [0.05, 0.1) is 16.0 Å². The molecule has 0 saturated carbocycles. The molecule has 1 aliphatic rings. The molecule has 1 fully saturated rings. The number of rotatable bonds is 5. The molecule has 7 nitrogen and oxygen atoms in total. The van der Waals surface area contributed by atoms with Crippen LogP contribution in [-0.4, -0.2) is 44.8 Å². The normalized spacial score (nSPS) is 20.9. The minimum absolute atomic E-state index is 0.00777. The summed E-state index contributed by atoms with van der Waals surface area (Å²) in [5.41, 5.74) is 0.101. The van der Waals surface area contributed by atoms with Crippen LogP contribution < -0.4 is 10.6 Å². The number of nitrogens with one attached hydrogen (secondary N) is 2. The summed E-state index contributed by atoms with van der Waals surface area (Å²) in [6.45, 7) is 5.37. The lowest BCUT2D eigenvalue weighted by Gasteiger charge is -2.20. The summed E-state index contributed by atoms with van der Waals surface area (Å²) in [6.07, 6.45) is 0. The molecule has 28 heavy (non-hydrogen) atoms. The fourth-order valence-corrected chi connectivity index (χ4v) is 4.79. The number of nitrogens with zero attached hydrogens (tertiary/aromatic N) is 1. The van der Waals surface area contributed by atoms with Crippen LogP contribution in [0, 0.1) is 12.7 Å². The third-order valence-corrected chi connectivity index (χ3v) is 6.22. The van der Waals surface area contributed by atoms with Gasteiger partial charge in [0.2, 0.25) is 0 Å². The summed E-state index contributed by atoms with van der Waals surface area (Å²) < 4.78 is 18.8. The zero-order valence-corrected chi connectivity index (χ0v) is 16.9. The lowest BCUT2D eigenvalue weighted by atomic mass is 10.0. The molecule has 1 aliphatic heterocycles. The van der Waals surface area contributed by atoms with Gasteiger partial charge < -0.3 is 14.9 Å². The van der Waals surface area contributed by atoms with Crippen molar-refractivity contribution in [2.45, 2.75) is 36.9 Å². The first-order chi connectivity index (χ1) is 13.1. The van der Waals surface area contributed by atoms with Crippen molar-refractivity contribution in [1.82, 2.24) is 15.8 Å². The molecule has 150 valence electrons. The van der Waals surface area contributed by atoms with Gasteiger partial charge in [-0.15, -0.1) is 11.8 Å². The van der Waals surface area contributed by atoms with Gasteiger partial charge in [0.15, 0.2) is 0 Å². The molecular weight excluding hydrogens is 409 g/mol. The third kappa shape index (κ3) is 3.87. The van der Waals surface area contributed by atoms with E-state index in [4.69, 9.17) is 16.1 Å². The van der Waals surface area contributed by atoms with Crippen molar-refractivity contribution in [1.29, 1.82) is 0 Å². The number of aryl methyl sites for hydroxylation is 1. The number of carbonyl (C=O) groups is 2. The number of halogens is 2. The number of aliphatic carboxylic acids is 1. The van der Waals surface area contributed by atoms with Crippen molar-refractivity contribution in [2.75, 3.05) is 6.54 Å². The molecule has 3 N–H and O–H groups in total. The zero-order chi connectivity index (χ0) is 20.6. The maximum atomic E-state index is 14.3. The van der Waals surface area contributed by atoms with Crippen molar-refractivity contribution < 1.29 is 23.6 Å². The van der Waals surface area contributed by atoms with Gasteiger partial charge in [0.1, 0.15) is 28.9 Å². The highest BCUT2D eigenvalue weighted by molar-refractivity contribution is 8.01. The standard InChI is InChI=1S/C18H19ClFN3O4S/c1-8-12(14(23-27-8)13-9(19)5-4-6-10(13)20)16(24)21-7-11-22-15(17(25)26)18(2,3)28-11/h4-6,11,15,22H,7H2,1-3H3,(H,21,24)(H,25,26)/t11?,15-/m0/s1. The lowest BCUT2D eigenvalue weighted by molar-refractivity contribution is -0.139. The van der Waals surface area contributed by atoms with Gasteiger partial charge >= 0.3 is 5.97 Å². The first-order valence-corrected chi connectivity index (χ1v) is 9.73. The number of carboxylic acids is 1. The summed E-state index contributed by atoms with van der Waals surface area (Å²) in [4.78, 5) is 24.1. The largest absolute Gasteiger partial charge is 0.480 e. The predicted molar refractivity (Wildman–Crippen MR) is 104 cm³/mol. The Kier molecular flexibility index (Phi) is 5.69. The Labute approximate surface area is 170 Å². The molecule has 1 aromatic carbocycles. The van der Waals surface area contributed by atoms with Crippen LogP contribution >= 0.6 is 23.4 Å². The van der Waals surface area contributed by atoms with Gasteiger partial charge in [-0.2, -0.15) is 0 Å². The van der Waals surface area contributed by atoms with E-state index < -0.39 is 28.5 Å². The predicted octanol–water partition coefficient (Wildman–Crippen LogP) is 3.07. The number of carbonyl (C=O) groups excluding carboxylic acids is 1. The van der Waals surface area contributed by atoms with Gasteiger partial charge in [-0.25, -0.2) is 4.39 Å². The second-order valence-electron chi connectivity index (χ2n) is 6.92. The molecule has 0 aliphatic carbocycles. The monoisotopic (exact) mass is 427 g/mol. The maximum Gasteiger partial charge on any atom is 0.322 e. The van der Waals surface area contributed by atoms with Crippen molar-refractivity contribution in [2.24, 2.45) is 0 Å². The van der Waals surface area contributed by atoms with Gasteiger partial charge in [-0.1, -0.05) is 22.8 Å². The molecule has 0 radical (unpaired) electrons. The summed E-state index contributed by atoms with van der Waals surface area (Å²) in [5, 5.41) is 18.7. The second kappa shape index (κ2) is 7.73. The fourth-order valence-electron chi connectivity index (χ4n) is 3.13. The van der Waals surface area contributed by atoms with E-state index in [1.165, 1.54) is 30.0 Å². The van der Waals surface area contributed by atoms with Crippen molar-refractivity contribution in [3.8, 4) is 11.3 Å². The number of thioether (sulfide) groups is 1. The van der Waals surface area contributed by atoms with Crippen LogP contribution in [0.4, 0.5) is 4.39 Å². The zero-order valence-electron chi connectivity index (χ0n) is 15.4. The Balaban J connectivity index is 1.78. The van der Waals surface area contributed by atoms with Crippen LogP contribution in [0.15, 0.2) is 22.7 Å². The Morgan fingerprint density at radius 1 is 1.46 bits per heavy atom. The highest BCUT2D eigenvalue weighted by Gasteiger charge is 2.45. The smallest absolute Gasteiger partial charge is 0.322 e. The van der Waals surface area contributed by atoms with Crippen LogP contribution in [-0.2, 0) is 4.79 Å². The molecule has 1 aromatic heterocycles. The van der Waals surface area contributed by atoms with Crippen LogP contribution in [0.5, 0.6) is 0 Å². The SMILES string of the molecule is Cc1onc(-c2c(F)cccc2Cl)c1C(=O)NCC1N[C@@H](C(=O)O)C(C)(C)S1. The summed E-state index contributed by atoms with van der Waals surface area (Å²) >= 11 is 7.51. The van der Waals surface area contributed by atoms with Crippen molar-refractivity contribution in [3.05, 3.63) is 40.4 Å². The molecular formula is C18H19ClFN3O4S. The average molecular weight is 428 g/mol. The van der Waals surface area contributed by atoms with Gasteiger partial charge in [0.25, 0.3) is 5.91 Å².